The number of rotatable bonds is 8. The Morgan fingerprint density at radius 3 is 2.21 bits per heavy atom. The maximum atomic E-state index is 12.1. The molecule has 1 atom stereocenters. The van der Waals surface area contributed by atoms with Crippen LogP contribution in [0.15, 0.2) is 53.4 Å². The van der Waals surface area contributed by atoms with Crippen LogP contribution in [-0.2, 0) is 14.8 Å². The van der Waals surface area contributed by atoms with Crippen molar-refractivity contribution in [1.82, 2.24) is 10.6 Å². The van der Waals surface area contributed by atoms with Crippen molar-refractivity contribution in [2.45, 2.75) is 24.8 Å². The third kappa shape index (κ3) is 6.07. The van der Waals surface area contributed by atoms with Crippen LogP contribution in [0.4, 0.5) is 0 Å². The Hall–Kier alpha value is -2.91. The molecular formula is C19H23N3O5S. The molecule has 0 radical (unpaired) electrons. The van der Waals surface area contributed by atoms with E-state index in [9.17, 15) is 18.0 Å². The number of nitrogens with two attached hydrogens (primary N) is 1. The van der Waals surface area contributed by atoms with Crippen molar-refractivity contribution in [2.75, 3.05) is 13.2 Å². The largest absolute Gasteiger partial charge is 0.494 e. The molecule has 1 unspecified atom stereocenters. The van der Waals surface area contributed by atoms with Gasteiger partial charge in [0.1, 0.15) is 5.75 Å². The minimum absolute atomic E-state index is 0.00241. The average Bonchev–Trinajstić information content (AvgIpc) is 2.66. The van der Waals surface area contributed by atoms with Gasteiger partial charge < -0.3 is 15.4 Å². The molecule has 4 N–H and O–H groups in total. The van der Waals surface area contributed by atoms with Gasteiger partial charge >= 0.3 is 0 Å². The number of ether oxygens (including phenoxy) is 1. The number of hydrogen-bond acceptors (Lipinski definition) is 5. The van der Waals surface area contributed by atoms with Crippen LogP contribution in [0.25, 0.3) is 0 Å². The standard InChI is InChI=1S/C19H23N3O5S/c1-3-27-16-8-4-15(5-9-16)19(24)21-12-18(23)22-13(2)14-6-10-17(11-7-14)28(20,25)26/h4-11,13H,3,12H2,1-2H3,(H,21,24)(H,22,23)(H2,20,25,26). The number of carbonyl (C=O) groups is 2. The van der Waals surface area contributed by atoms with E-state index in [2.05, 4.69) is 10.6 Å². The molecule has 0 bridgehead atoms. The summed E-state index contributed by atoms with van der Waals surface area (Å²) in [7, 11) is -3.76. The number of nitrogens with one attached hydrogen (secondary N) is 2. The molecule has 0 spiro atoms. The highest BCUT2D eigenvalue weighted by Gasteiger charge is 2.13. The fourth-order valence-electron chi connectivity index (χ4n) is 2.45. The van der Waals surface area contributed by atoms with E-state index in [0.29, 0.717) is 23.5 Å². The molecule has 28 heavy (non-hydrogen) atoms. The van der Waals surface area contributed by atoms with Crippen LogP contribution in [0, 0.1) is 0 Å². The maximum absolute atomic E-state index is 12.1. The number of sulfonamides is 1. The van der Waals surface area contributed by atoms with Crippen LogP contribution in [-0.4, -0.2) is 33.4 Å². The first-order valence-corrected chi connectivity index (χ1v) is 10.2. The molecule has 9 heteroatoms. The molecule has 0 fully saturated rings. The molecule has 0 saturated carbocycles. The van der Waals surface area contributed by atoms with E-state index >= 15 is 0 Å². The predicted octanol–water partition coefficient (Wildman–Crippen LogP) is 1.34. The summed E-state index contributed by atoms with van der Waals surface area (Å²) in [5.74, 6) is -0.0789. The lowest BCUT2D eigenvalue weighted by Gasteiger charge is -2.15. The highest BCUT2D eigenvalue weighted by molar-refractivity contribution is 7.89. The van der Waals surface area contributed by atoms with Gasteiger partial charge in [-0.3, -0.25) is 9.59 Å². The highest BCUT2D eigenvalue weighted by atomic mass is 32.2. The Balaban J connectivity index is 1.86. The predicted molar refractivity (Wildman–Crippen MR) is 104 cm³/mol. The number of amides is 2. The molecule has 0 saturated heterocycles. The van der Waals surface area contributed by atoms with Gasteiger partial charge in [-0.25, -0.2) is 13.6 Å². The summed E-state index contributed by atoms with van der Waals surface area (Å²) >= 11 is 0. The molecule has 0 aliphatic carbocycles. The average molecular weight is 405 g/mol. The zero-order chi connectivity index (χ0) is 20.7. The zero-order valence-electron chi connectivity index (χ0n) is 15.6. The van der Waals surface area contributed by atoms with Gasteiger partial charge in [0.25, 0.3) is 5.91 Å². The first-order chi connectivity index (χ1) is 13.2. The van der Waals surface area contributed by atoms with E-state index in [0.717, 1.165) is 0 Å². The van der Waals surface area contributed by atoms with Crippen molar-refractivity contribution in [2.24, 2.45) is 5.14 Å². The Morgan fingerprint density at radius 2 is 1.68 bits per heavy atom. The van der Waals surface area contributed by atoms with Crippen molar-refractivity contribution < 1.29 is 22.7 Å². The van der Waals surface area contributed by atoms with Gasteiger partial charge in [0.2, 0.25) is 15.9 Å². The SMILES string of the molecule is CCOc1ccc(C(=O)NCC(=O)NC(C)c2ccc(S(N)(=O)=O)cc2)cc1. The number of benzene rings is 2. The topological polar surface area (TPSA) is 128 Å². The van der Waals surface area contributed by atoms with Crippen LogP contribution >= 0.6 is 0 Å². The molecule has 0 aliphatic heterocycles. The van der Waals surface area contributed by atoms with E-state index < -0.39 is 10.0 Å². The Labute approximate surface area is 164 Å². The van der Waals surface area contributed by atoms with Gasteiger partial charge in [-0.1, -0.05) is 12.1 Å². The molecule has 0 aromatic heterocycles. The van der Waals surface area contributed by atoms with Crippen molar-refractivity contribution >= 4 is 21.8 Å². The first kappa shape index (κ1) is 21.4. The van der Waals surface area contributed by atoms with Gasteiger partial charge in [-0.15, -0.1) is 0 Å². The number of hydrogen-bond donors (Lipinski definition) is 3. The monoisotopic (exact) mass is 405 g/mol. The number of carbonyl (C=O) groups excluding carboxylic acids is 2. The zero-order valence-corrected chi connectivity index (χ0v) is 16.5. The minimum Gasteiger partial charge on any atom is -0.494 e. The second kappa shape index (κ2) is 9.34. The van der Waals surface area contributed by atoms with Crippen LogP contribution in [0.3, 0.4) is 0 Å². The third-order valence-electron chi connectivity index (χ3n) is 3.92. The van der Waals surface area contributed by atoms with Gasteiger partial charge in [-0.05, 0) is 55.8 Å². The highest BCUT2D eigenvalue weighted by Crippen LogP contribution is 2.15. The molecule has 2 aromatic carbocycles. The second-order valence-corrected chi connectivity index (χ2v) is 7.60. The Bertz CT molecular complexity index is 925. The Morgan fingerprint density at radius 1 is 1.07 bits per heavy atom. The lowest BCUT2D eigenvalue weighted by Crippen LogP contribution is -2.38. The normalized spacial score (nSPS) is 12.1. The van der Waals surface area contributed by atoms with Crippen LogP contribution < -0.4 is 20.5 Å². The summed E-state index contributed by atoms with van der Waals surface area (Å²) in [5, 5.41) is 10.3. The second-order valence-electron chi connectivity index (χ2n) is 6.04. The van der Waals surface area contributed by atoms with Crippen LogP contribution in [0.5, 0.6) is 5.75 Å². The van der Waals surface area contributed by atoms with Crippen molar-refractivity contribution in [1.29, 1.82) is 0 Å². The van der Waals surface area contributed by atoms with Gasteiger partial charge in [0.05, 0.1) is 24.1 Å². The molecule has 2 amide bonds. The first-order valence-electron chi connectivity index (χ1n) is 8.64. The van der Waals surface area contributed by atoms with Crippen molar-refractivity contribution in [3.05, 3.63) is 59.7 Å². The molecule has 8 nitrogen and oxygen atoms in total. The summed E-state index contributed by atoms with van der Waals surface area (Å²) in [5.41, 5.74) is 1.13. The van der Waals surface area contributed by atoms with E-state index in [1.54, 1.807) is 43.3 Å². The summed E-state index contributed by atoms with van der Waals surface area (Å²) in [6.07, 6.45) is 0. The quantitative estimate of drug-likeness (QED) is 0.611. The van der Waals surface area contributed by atoms with Gasteiger partial charge in [0.15, 0.2) is 0 Å². The van der Waals surface area contributed by atoms with Crippen molar-refractivity contribution in [3.63, 3.8) is 0 Å². The van der Waals surface area contributed by atoms with Crippen LogP contribution in [0.2, 0.25) is 0 Å². The molecule has 0 heterocycles. The molecule has 2 aromatic rings. The maximum Gasteiger partial charge on any atom is 0.251 e. The lowest BCUT2D eigenvalue weighted by atomic mass is 10.1. The summed E-state index contributed by atoms with van der Waals surface area (Å²) in [6.45, 7) is 3.97. The third-order valence-corrected chi connectivity index (χ3v) is 4.85. The molecule has 150 valence electrons. The molecule has 2 rings (SSSR count). The summed E-state index contributed by atoms with van der Waals surface area (Å²) in [6, 6.07) is 12.1. The van der Waals surface area contributed by atoms with Gasteiger partial charge in [0, 0.05) is 5.56 Å². The fraction of sp³-hybridized carbons (Fsp3) is 0.263. The van der Waals surface area contributed by atoms with E-state index in [1.807, 2.05) is 6.92 Å². The van der Waals surface area contributed by atoms with Crippen molar-refractivity contribution in [3.8, 4) is 5.75 Å². The molecule has 0 aliphatic rings. The Kier molecular flexibility index (Phi) is 7.13. The fourth-order valence-corrected chi connectivity index (χ4v) is 2.97. The lowest BCUT2D eigenvalue weighted by molar-refractivity contribution is -0.120. The number of primary sulfonamides is 1. The van der Waals surface area contributed by atoms with Crippen LogP contribution in [0.1, 0.15) is 35.8 Å². The summed E-state index contributed by atoms with van der Waals surface area (Å²) in [4.78, 5) is 24.2. The smallest absolute Gasteiger partial charge is 0.251 e. The summed E-state index contributed by atoms with van der Waals surface area (Å²) < 4.78 is 27.9. The van der Waals surface area contributed by atoms with E-state index in [1.165, 1.54) is 12.1 Å². The van der Waals surface area contributed by atoms with E-state index in [4.69, 9.17) is 9.88 Å². The van der Waals surface area contributed by atoms with E-state index in [-0.39, 0.29) is 29.3 Å². The molecular weight excluding hydrogens is 382 g/mol. The minimum atomic E-state index is -3.76. The van der Waals surface area contributed by atoms with Gasteiger partial charge in [-0.2, -0.15) is 0 Å².